The van der Waals surface area contributed by atoms with Crippen LogP contribution >= 0.6 is 0 Å². The van der Waals surface area contributed by atoms with Crippen LogP contribution in [0.3, 0.4) is 0 Å². The summed E-state index contributed by atoms with van der Waals surface area (Å²) in [6, 6.07) is 13.1. The third-order valence-corrected chi connectivity index (χ3v) is 5.26. The lowest BCUT2D eigenvalue weighted by Crippen LogP contribution is -2.26. The molecule has 0 heterocycles. The molecule has 2 unspecified atom stereocenters. The summed E-state index contributed by atoms with van der Waals surface area (Å²) in [6.45, 7) is 6.52. The Labute approximate surface area is 146 Å². The Morgan fingerprint density at radius 3 is 2.42 bits per heavy atom. The minimum absolute atomic E-state index is 0.190. The molecule has 2 aromatic rings. The van der Waals surface area contributed by atoms with E-state index in [-0.39, 0.29) is 6.29 Å². The molecule has 1 aliphatic rings. The first-order chi connectivity index (χ1) is 11.7. The molecule has 1 saturated carbocycles. The number of fused-ring (bicyclic) bond motifs is 1. The van der Waals surface area contributed by atoms with Gasteiger partial charge in [0.15, 0.2) is 6.29 Å². The summed E-state index contributed by atoms with van der Waals surface area (Å²) in [4.78, 5) is 0. The van der Waals surface area contributed by atoms with E-state index in [1.54, 1.807) is 0 Å². The second-order valence-corrected chi connectivity index (χ2v) is 7.16. The Morgan fingerprint density at radius 1 is 0.958 bits per heavy atom. The third-order valence-electron chi connectivity index (χ3n) is 5.26. The number of ether oxygens (including phenoxy) is 2. The Hall–Kier alpha value is -1.54. The Balaban J connectivity index is 1.66. The molecule has 2 atom stereocenters. The topological polar surface area (TPSA) is 18.5 Å². The molecule has 2 nitrogen and oxygen atoms in total. The molecule has 0 aliphatic heterocycles. The lowest BCUT2D eigenvalue weighted by atomic mass is 9.96. The van der Waals surface area contributed by atoms with Gasteiger partial charge >= 0.3 is 0 Å². The minimum atomic E-state index is -0.190. The highest BCUT2D eigenvalue weighted by Gasteiger charge is 2.17. The zero-order valence-corrected chi connectivity index (χ0v) is 15.3. The van der Waals surface area contributed by atoms with Crippen LogP contribution in [0, 0.1) is 0 Å². The molecule has 0 aromatic heterocycles. The number of hydrogen-bond acceptors (Lipinski definition) is 2. The van der Waals surface area contributed by atoms with Gasteiger partial charge < -0.3 is 9.47 Å². The van der Waals surface area contributed by atoms with Crippen molar-refractivity contribution in [3.05, 3.63) is 42.0 Å². The molecular weight excluding hydrogens is 296 g/mol. The van der Waals surface area contributed by atoms with Crippen LogP contribution in [0.15, 0.2) is 36.4 Å². The maximum absolute atomic E-state index is 6.05. The van der Waals surface area contributed by atoms with Crippen molar-refractivity contribution in [2.75, 3.05) is 0 Å². The summed E-state index contributed by atoms with van der Waals surface area (Å²) in [6.07, 6.45) is 7.60. The SMILES string of the molecule is CCC(C)c1ccc2cc(OC(C)OC3CCCCC3)ccc2c1. The van der Waals surface area contributed by atoms with Gasteiger partial charge in [-0.3, -0.25) is 0 Å². The van der Waals surface area contributed by atoms with Crippen molar-refractivity contribution < 1.29 is 9.47 Å². The maximum atomic E-state index is 6.05. The van der Waals surface area contributed by atoms with E-state index in [0.717, 1.165) is 5.75 Å². The van der Waals surface area contributed by atoms with Crippen molar-refractivity contribution in [2.24, 2.45) is 0 Å². The smallest absolute Gasteiger partial charge is 0.197 e. The molecular formula is C22H30O2. The first kappa shape index (κ1) is 17.3. The van der Waals surface area contributed by atoms with Gasteiger partial charge in [-0.15, -0.1) is 0 Å². The van der Waals surface area contributed by atoms with E-state index in [2.05, 4.69) is 50.2 Å². The van der Waals surface area contributed by atoms with E-state index in [4.69, 9.17) is 9.47 Å². The van der Waals surface area contributed by atoms with Crippen LogP contribution < -0.4 is 4.74 Å². The van der Waals surface area contributed by atoms with E-state index >= 15 is 0 Å². The zero-order chi connectivity index (χ0) is 16.9. The normalized spacial score (nSPS) is 18.5. The van der Waals surface area contributed by atoms with Gasteiger partial charge in [-0.2, -0.15) is 0 Å². The van der Waals surface area contributed by atoms with E-state index < -0.39 is 0 Å². The summed E-state index contributed by atoms with van der Waals surface area (Å²) < 4.78 is 12.1. The second-order valence-electron chi connectivity index (χ2n) is 7.16. The summed E-state index contributed by atoms with van der Waals surface area (Å²) in [5.41, 5.74) is 1.41. The molecule has 0 spiro atoms. The van der Waals surface area contributed by atoms with Crippen molar-refractivity contribution in [3.63, 3.8) is 0 Å². The Morgan fingerprint density at radius 2 is 1.67 bits per heavy atom. The van der Waals surface area contributed by atoms with Gasteiger partial charge in [0.25, 0.3) is 0 Å². The molecule has 130 valence electrons. The minimum Gasteiger partial charge on any atom is -0.465 e. The fraction of sp³-hybridized carbons (Fsp3) is 0.545. The highest BCUT2D eigenvalue weighted by atomic mass is 16.7. The van der Waals surface area contributed by atoms with Gasteiger partial charge in [0, 0.05) is 0 Å². The van der Waals surface area contributed by atoms with Crippen LogP contribution in [0.2, 0.25) is 0 Å². The molecule has 0 amide bonds. The molecule has 1 aliphatic carbocycles. The molecule has 0 bridgehead atoms. The van der Waals surface area contributed by atoms with E-state index in [1.165, 1.54) is 54.9 Å². The second kappa shape index (κ2) is 8.02. The Bertz CT molecular complexity index is 658. The third kappa shape index (κ3) is 4.30. The summed E-state index contributed by atoms with van der Waals surface area (Å²) in [7, 11) is 0. The molecule has 2 aromatic carbocycles. The fourth-order valence-corrected chi connectivity index (χ4v) is 3.55. The fourth-order valence-electron chi connectivity index (χ4n) is 3.55. The highest BCUT2D eigenvalue weighted by Crippen LogP contribution is 2.27. The molecule has 1 fully saturated rings. The maximum Gasteiger partial charge on any atom is 0.197 e. The number of benzene rings is 2. The molecule has 0 saturated heterocycles. The summed E-state index contributed by atoms with van der Waals surface area (Å²) in [5, 5.41) is 2.51. The van der Waals surface area contributed by atoms with Crippen LogP contribution in [-0.4, -0.2) is 12.4 Å². The average molecular weight is 326 g/mol. The van der Waals surface area contributed by atoms with Gasteiger partial charge in [0.2, 0.25) is 0 Å². The lowest BCUT2D eigenvalue weighted by Gasteiger charge is -2.26. The zero-order valence-electron chi connectivity index (χ0n) is 15.3. The first-order valence-corrected chi connectivity index (χ1v) is 9.51. The predicted molar refractivity (Wildman–Crippen MR) is 101 cm³/mol. The monoisotopic (exact) mass is 326 g/mol. The quantitative estimate of drug-likeness (QED) is 0.570. The predicted octanol–water partition coefficient (Wildman–Crippen LogP) is 6.43. The van der Waals surface area contributed by atoms with E-state index in [1.807, 2.05) is 6.92 Å². The van der Waals surface area contributed by atoms with Gasteiger partial charge in [-0.1, -0.05) is 57.4 Å². The van der Waals surface area contributed by atoms with Crippen molar-refractivity contribution in [2.45, 2.75) is 77.6 Å². The summed E-state index contributed by atoms with van der Waals surface area (Å²) in [5.74, 6) is 1.50. The van der Waals surface area contributed by atoms with Gasteiger partial charge in [0.1, 0.15) is 5.75 Å². The van der Waals surface area contributed by atoms with Crippen LogP contribution in [0.5, 0.6) is 5.75 Å². The standard InChI is InChI=1S/C22H30O2/c1-4-16(2)18-10-11-20-15-22(13-12-19(20)14-18)24-17(3)23-21-8-6-5-7-9-21/h10-17,21H,4-9H2,1-3H3. The Kier molecular flexibility index (Phi) is 5.78. The van der Waals surface area contributed by atoms with Gasteiger partial charge in [0.05, 0.1) is 6.10 Å². The van der Waals surface area contributed by atoms with Crippen LogP contribution in [0.1, 0.15) is 70.8 Å². The first-order valence-electron chi connectivity index (χ1n) is 9.51. The molecule has 0 radical (unpaired) electrons. The largest absolute Gasteiger partial charge is 0.465 e. The highest BCUT2D eigenvalue weighted by molar-refractivity contribution is 5.84. The van der Waals surface area contributed by atoms with Crippen LogP contribution in [0.25, 0.3) is 10.8 Å². The van der Waals surface area contributed by atoms with Crippen LogP contribution in [-0.2, 0) is 4.74 Å². The van der Waals surface area contributed by atoms with Crippen molar-refractivity contribution >= 4 is 10.8 Å². The molecule has 0 N–H and O–H groups in total. The van der Waals surface area contributed by atoms with E-state index in [9.17, 15) is 0 Å². The van der Waals surface area contributed by atoms with Gasteiger partial charge in [-0.25, -0.2) is 0 Å². The molecule has 3 rings (SSSR count). The van der Waals surface area contributed by atoms with Crippen molar-refractivity contribution in [1.29, 1.82) is 0 Å². The van der Waals surface area contributed by atoms with E-state index in [0.29, 0.717) is 12.0 Å². The molecule has 2 heteroatoms. The lowest BCUT2D eigenvalue weighted by molar-refractivity contribution is -0.116. The molecule has 24 heavy (non-hydrogen) atoms. The van der Waals surface area contributed by atoms with Gasteiger partial charge in [-0.05, 0) is 60.6 Å². The van der Waals surface area contributed by atoms with Crippen molar-refractivity contribution in [1.82, 2.24) is 0 Å². The number of hydrogen-bond donors (Lipinski definition) is 0. The number of rotatable bonds is 6. The van der Waals surface area contributed by atoms with Crippen LogP contribution in [0.4, 0.5) is 0 Å². The average Bonchev–Trinajstić information content (AvgIpc) is 2.61. The summed E-state index contributed by atoms with van der Waals surface area (Å²) >= 11 is 0. The van der Waals surface area contributed by atoms with Crippen molar-refractivity contribution in [3.8, 4) is 5.75 Å².